The summed E-state index contributed by atoms with van der Waals surface area (Å²) in [5, 5.41) is 12.2. The molecule has 29 heavy (non-hydrogen) atoms. The average Bonchev–Trinajstić information content (AvgIpc) is 3.01. The number of nitrogens with one attached hydrogen (secondary N) is 1. The molecule has 1 N–H and O–H groups in total. The van der Waals surface area contributed by atoms with Crippen molar-refractivity contribution in [1.29, 1.82) is 0 Å². The molecule has 0 unspecified atom stereocenters. The first kappa shape index (κ1) is 19.7. The molecular formula is C17H14F5N5S2. The molecule has 12 heteroatoms. The largest absolute Gasteiger partial charge is 0.365 e. The van der Waals surface area contributed by atoms with Gasteiger partial charge in [-0.15, -0.1) is 16.4 Å². The fraction of sp³-hybridized carbons (Fsp3) is 0.176. The van der Waals surface area contributed by atoms with Gasteiger partial charge in [-0.3, -0.25) is 0 Å². The second-order valence-electron chi connectivity index (χ2n) is 6.56. The predicted octanol–water partition coefficient (Wildman–Crippen LogP) is 6.52. The maximum Gasteiger partial charge on any atom is 0.310 e. The van der Waals surface area contributed by atoms with Crippen LogP contribution in [0.25, 0.3) is 20.4 Å². The molecule has 5 nitrogen and oxygen atoms in total. The van der Waals surface area contributed by atoms with Crippen LogP contribution < -0.4 is 5.32 Å². The number of aryl methyl sites for hydroxylation is 2. The van der Waals surface area contributed by atoms with Gasteiger partial charge >= 0.3 is 10.2 Å². The Balaban J connectivity index is 1.65. The van der Waals surface area contributed by atoms with Gasteiger partial charge in [0.25, 0.3) is 0 Å². The molecule has 3 heterocycles. The highest BCUT2D eigenvalue weighted by molar-refractivity contribution is 8.45. The Labute approximate surface area is 165 Å². The topological polar surface area (TPSA) is 63.6 Å². The number of hydrogen-bond donors (Lipinski definition) is 1. The van der Waals surface area contributed by atoms with Gasteiger partial charge < -0.3 is 5.32 Å². The van der Waals surface area contributed by atoms with Gasteiger partial charge in [0.15, 0.2) is 0 Å². The van der Waals surface area contributed by atoms with E-state index in [1.165, 1.54) is 17.7 Å². The number of fused-ring (bicyclic) bond motifs is 3. The van der Waals surface area contributed by atoms with E-state index >= 15 is 0 Å². The quantitative estimate of drug-likeness (QED) is 0.361. The average molecular weight is 447 g/mol. The zero-order chi connectivity index (χ0) is 21.1. The van der Waals surface area contributed by atoms with E-state index in [1.807, 2.05) is 13.8 Å². The maximum atomic E-state index is 12.8. The van der Waals surface area contributed by atoms with Crippen LogP contribution in [0.15, 0.2) is 35.5 Å². The van der Waals surface area contributed by atoms with E-state index in [-0.39, 0.29) is 6.54 Å². The standard InChI is InChI=1S/C17H14F5N5S2/c1-9-10(2)26-27-17-13(9)14-15(28-17)16(25-8-24-14)23-7-11-3-5-12(6-4-11)29(18,19,20,21)22/h3-6,8H,7H2,1-2H3,(H,23,24,25). The fourth-order valence-corrected chi connectivity index (χ4v) is 4.61. The lowest BCUT2D eigenvalue weighted by Gasteiger charge is -2.40. The molecule has 0 fully saturated rings. The summed E-state index contributed by atoms with van der Waals surface area (Å²) in [6.45, 7) is 3.88. The summed E-state index contributed by atoms with van der Waals surface area (Å²) in [7, 11) is -9.67. The van der Waals surface area contributed by atoms with E-state index in [4.69, 9.17) is 0 Å². The lowest BCUT2D eigenvalue weighted by atomic mass is 10.1. The second-order valence-corrected chi connectivity index (χ2v) is 9.97. The lowest BCUT2D eigenvalue weighted by Crippen LogP contribution is -2.07. The Hall–Kier alpha value is -2.60. The third kappa shape index (κ3) is 3.69. The highest BCUT2D eigenvalue weighted by Gasteiger charge is 2.65. The van der Waals surface area contributed by atoms with Crippen molar-refractivity contribution >= 4 is 47.8 Å². The molecule has 4 aromatic rings. The number of hydrogen-bond acceptors (Lipinski definition) is 6. The van der Waals surface area contributed by atoms with Gasteiger partial charge in [-0.25, -0.2) is 9.97 Å². The normalized spacial score (nSPS) is 14.7. The van der Waals surface area contributed by atoms with Crippen molar-refractivity contribution < 1.29 is 19.4 Å². The molecule has 4 rings (SSSR count). The number of rotatable bonds is 4. The summed E-state index contributed by atoms with van der Waals surface area (Å²) in [5.41, 5.74) is 2.84. The summed E-state index contributed by atoms with van der Waals surface area (Å²) < 4.78 is 64.9. The van der Waals surface area contributed by atoms with E-state index in [0.29, 0.717) is 33.9 Å². The summed E-state index contributed by atoms with van der Waals surface area (Å²) in [4.78, 5) is 7.31. The van der Waals surface area contributed by atoms with Crippen LogP contribution >= 0.6 is 21.6 Å². The Morgan fingerprint density at radius 3 is 2.31 bits per heavy atom. The molecule has 0 saturated heterocycles. The molecule has 0 bridgehead atoms. The predicted molar refractivity (Wildman–Crippen MR) is 105 cm³/mol. The molecule has 0 aliphatic carbocycles. The van der Waals surface area contributed by atoms with Crippen molar-refractivity contribution in [2.45, 2.75) is 25.3 Å². The molecular weight excluding hydrogens is 433 g/mol. The zero-order valence-electron chi connectivity index (χ0n) is 15.1. The Bertz CT molecular complexity index is 1250. The minimum atomic E-state index is -9.67. The summed E-state index contributed by atoms with van der Waals surface area (Å²) in [6.07, 6.45) is 1.38. The first-order valence-corrected chi connectivity index (χ1v) is 11.0. The first-order chi connectivity index (χ1) is 13.3. The summed E-state index contributed by atoms with van der Waals surface area (Å²) in [6, 6.07) is 2.83. The number of benzene rings is 1. The van der Waals surface area contributed by atoms with Gasteiger partial charge in [-0.2, -0.15) is 5.10 Å². The SMILES string of the molecule is Cc1nnc2sc3c(NCc4ccc(S(F)(F)(F)(F)F)cc4)ncnc3c2c1C. The highest BCUT2D eigenvalue weighted by Crippen LogP contribution is 3.02. The van der Waals surface area contributed by atoms with Gasteiger partial charge in [0.1, 0.15) is 21.9 Å². The van der Waals surface area contributed by atoms with E-state index < -0.39 is 15.1 Å². The molecule has 0 amide bonds. The van der Waals surface area contributed by atoms with Crippen LogP contribution in [0.5, 0.6) is 0 Å². The number of aromatic nitrogens is 4. The van der Waals surface area contributed by atoms with E-state index in [1.54, 1.807) is 0 Å². The molecule has 154 valence electrons. The molecule has 0 spiro atoms. The summed E-state index contributed by atoms with van der Waals surface area (Å²) >= 11 is 1.35. The number of halogens is 5. The molecule has 0 saturated carbocycles. The third-order valence-electron chi connectivity index (χ3n) is 4.49. The third-order valence-corrected chi connectivity index (χ3v) is 6.72. The smallest absolute Gasteiger partial charge is 0.310 e. The summed E-state index contributed by atoms with van der Waals surface area (Å²) in [5.74, 6) is 0.479. The van der Waals surface area contributed by atoms with E-state index in [2.05, 4.69) is 25.5 Å². The van der Waals surface area contributed by atoms with Gasteiger partial charge in [-0.05, 0) is 37.1 Å². The minimum absolute atomic E-state index is 0.102. The number of thiophene rings is 1. The second kappa shape index (κ2) is 5.72. The van der Waals surface area contributed by atoms with Crippen molar-refractivity contribution in [1.82, 2.24) is 20.2 Å². The Morgan fingerprint density at radius 2 is 1.66 bits per heavy atom. The van der Waals surface area contributed by atoms with Crippen molar-refractivity contribution in [3.63, 3.8) is 0 Å². The zero-order valence-corrected chi connectivity index (χ0v) is 16.7. The Kier molecular flexibility index (Phi) is 3.89. The van der Waals surface area contributed by atoms with Gasteiger partial charge in [0, 0.05) is 11.9 Å². The van der Waals surface area contributed by atoms with Gasteiger partial charge in [-0.1, -0.05) is 31.6 Å². The van der Waals surface area contributed by atoms with Crippen molar-refractivity contribution in [2.24, 2.45) is 0 Å². The van der Waals surface area contributed by atoms with Crippen LogP contribution in [-0.2, 0) is 6.54 Å². The van der Waals surface area contributed by atoms with Crippen molar-refractivity contribution in [2.75, 3.05) is 5.32 Å². The molecule has 0 aliphatic rings. The van der Waals surface area contributed by atoms with Crippen molar-refractivity contribution in [3.05, 3.63) is 47.4 Å². The van der Waals surface area contributed by atoms with Crippen LogP contribution in [0, 0.1) is 13.8 Å². The van der Waals surface area contributed by atoms with Gasteiger partial charge in [0.05, 0.1) is 15.9 Å². The minimum Gasteiger partial charge on any atom is -0.365 e. The monoisotopic (exact) mass is 447 g/mol. The number of anilines is 1. The van der Waals surface area contributed by atoms with Crippen LogP contribution in [0.4, 0.5) is 25.2 Å². The maximum absolute atomic E-state index is 12.8. The molecule has 3 aromatic heterocycles. The van der Waals surface area contributed by atoms with Crippen LogP contribution in [0.2, 0.25) is 0 Å². The van der Waals surface area contributed by atoms with Crippen molar-refractivity contribution in [3.8, 4) is 0 Å². The van der Waals surface area contributed by atoms with Gasteiger partial charge in [0.2, 0.25) is 0 Å². The Morgan fingerprint density at radius 1 is 0.966 bits per heavy atom. The van der Waals surface area contributed by atoms with E-state index in [9.17, 15) is 19.4 Å². The lowest BCUT2D eigenvalue weighted by molar-refractivity contribution is 0.364. The van der Waals surface area contributed by atoms with Crippen LogP contribution in [0.3, 0.4) is 0 Å². The van der Waals surface area contributed by atoms with E-state index in [0.717, 1.165) is 33.5 Å². The first-order valence-electron chi connectivity index (χ1n) is 8.27. The fourth-order valence-electron chi connectivity index (χ4n) is 2.86. The molecule has 1 aromatic carbocycles. The molecule has 0 radical (unpaired) electrons. The number of nitrogens with zero attached hydrogens (tertiary/aromatic N) is 4. The highest BCUT2D eigenvalue weighted by atomic mass is 32.5. The molecule has 0 aliphatic heterocycles. The van der Waals surface area contributed by atoms with Crippen LogP contribution in [-0.4, -0.2) is 20.2 Å². The van der Waals surface area contributed by atoms with Crippen LogP contribution in [0.1, 0.15) is 16.8 Å². The molecule has 0 atom stereocenters.